The van der Waals surface area contributed by atoms with Crippen LogP contribution in [-0.2, 0) is 0 Å². The van der Waals surface area contributed by atoms with Gasteiger partial charge in [0, 0.05) is 6.42 Å². The van der Waals surface area contributed by atoms with Crippen LogP contribution in [0.15, 0.2) is 11.8 Å². The third kappa shape index (κ3) is 0.274. The first-order chi connectivity index (χ1) is 2.39. The van der Waals surface area contributed by atoms with Gasteiger partial charge in [-0.2, -0.15) is 0 Å². The van der Waals surface area contributed by atoms with Crippen LogP contribution in [0.3, 0.4) is 0 Å². The number of aliphatic hydroxyl groups excluding tert-OH is 1. The van der Waals surface area contributed by atoms with Crippen molar-refractivity contribution >= 4 is 0 Å². The van der Waals surface area contributed by atoms with E-state index < -0.39 is 0 Å². The molecule has 5 heavy (non-hydrogen) atoms. The lowest BCUT2D eigenvalue weighted by molar-refractivity contribution is 0.364. The molecule has 1 aliphatic rings. The van der Waals surface area contributed by atoms with E-state index >= 15 is 0 Å². The molecule has 0 aromatic rings. The van der Waals surface area contributed by atoms with Crippen LogP contribution >= 0.6 is 0 Å². The van der Waals surface area contributed by atoms with E-state index in [2.05, 4.69) is 0 Å². The highest BCUT2D eigenvalue weighted by Gasteiger charge is 1.98. The zero-order valence-corrected chi connectivity index (χ0v) is 2.94. The number of hydrogen-bond acceptors (Lipinski definition) is 1. The van der Waals surface area contributed by atoms with Gasteiger partial charge in [-0.15, -0.1) is 0 Å². The predicted octanol–water partition coefficient (Wildman–Crippen LogP) is 1.22. The molecule has 0 aromatic heterocycles. The quantitative estimate of drug-likeness (QED) is 0.454. The molecule has 0 aromatic carbocycles. The maximum Gasteiger partial charge on any atom is 0.0886 e. The Hall–Kier alpha value is -0.460. The molecule has 0 aliphatic heterocycles. The molecule has 0 fully saturated rings. The molecule has 0 unspecified atom stereocenters. The van der Waals surface area contributed by atoms with Gasteiger partial charge in [0.25, 0.3) is 0 Å². The van der Waals surface area contributed by atoms with E-state index in [0.29, 0.717) is 5.76 Å². The van der Waals surface area contributed by atoms with E-state index in [1.807, 2.05) is 6.08 Å². The molecule has 0 amide bonds. The molecule has 1 nitrogen and oxygen atoms in total. The first-order valence-corrected chi connectivity index (χ1v) is 1.77. The molecule has 0 radical (unpaired) electrons. The van der Waals surface area contributed by atoms with Gasteiger partial charge < -0.3 is 5.11 Å². The van der Waals surface area contributed by atoms with Crippen molar-refractivity contribution < 1.29 is 5.11 Å². The second-order valence-corrected chi connectivity index (χ2v) is 1.23. The van der Waals surface area contributed by atoms with Crippen molar-refractivity contribution in [2.75, 3.05) is 0 Å². The highest BCUT2D eigenvalue weighted by atomic mass is 16.3. The second kappa shape index (κ2) is 0.744. The standard InChI is InChI=1S/C4H6O/c5-4-2-1-3-4/h2,5H,1,3H2. The Morgan fingerprint density at radius 3 is 2.20 bits per heavy atom. The van der Waals surface area contributed by atoms with E-state index in [4.69, 9.17) is 5.11 Å². The summed E-state index contributed by atoms with van der Waals surface area (Å²) in [4.78, 5) is 0. The molecule has 1 heteroatoms. The van der Waals surface area contributed by atoms with Gasteiger partial charge in [-0.25, -0.2) is 0 Å². The highest BCUT2D eigenvalue weighted by Crippen LogP contribution is 2.12. The zero-order chi connectivity index (χ0) is 3.70. The van der Waals surface area contributed by atoms with Crippen molar-refractivity contribution in [3.8, 4) is 0 Å². The van der Waals surface area contributed by atoms with Gasteiger partial charge in [0.2, 0.25) is 0 Å². The summed E-state index contributed by atoms with van der Waals surface area (Å²) in [5.74, 6) is 0.560. The van der Waals surface area contributed by atoms with Gasteiger partial charge >= 0.3 is 0 Å². The summed E-state index contributed by atoms with van der Waals surface area (Å²) in [6, 6.07) is 0. The Morgan fingerprint density at radius 1 is 1.80 bits per heavy atom. The summed E-state index contributed by atoms with van der Waals surface area (Å²) >= 11 is 0. The lowest BCUT2D eigenvalue weighted by Gasteiger charge is -2.03. The fourth-order valence-corrected chi connectivity index (χ4v) is 0.273. The summed E-state index contributed by atoms with van der Waals surface area (Å²) in [7, 11) is 0. The average Bonchev–Trinajstić information content (AvgIpc) is 1.30. The monoisotopic (exact) mass is 70.0 g/mol. The second-order valence-electron chi connectivity index (χ2n) is 1.23. The summed E-state index contributed by atoms with van der Waals surface area (Å²) in [5.41, 5.74) is 0. The minimum atomic E-state index is 0.560. The fourth-order valence-electron chi connectivity index (χ4n) is 0.273. The summed E-state index contributed by atoms with van der Waals surface area (Å²) in [5, 5.41) is 8.31. The predicted molar refractivity (Wildman–Crippen MR) is 19.9 cm³/mol. The van der Waals surface area contributed by atoms with Crippen LogP contribution in [0.2, 0.25) is 0 Å². The minimum absolute atomic E-state index is 0.560. The molecule has 1 rings (SSSR count). The zero-order valence-electron chi connectivity index (χ0n) is 2.94. The normalized spacial score (nSPS) is 20.4. The molecular formula is C4H6O. The Bertz CT molecular complexity index is 64.0. The van der Waals surface area contributed by atoms with E-state index in [1.165, 1.54) is 0 Å². The topological polar surface area (TPSA) is 20.2 Å². The molecule has 0 spiro atoms. The third-order valence-corrected chi connectivity index (χ3v) is 0.780. The van der Waals surface area contributed by atoms with Crippen LogP contribution in [0.4, 0.5) is 0 Å². The maximum atomic E-state index is 8.31. The number of hydrogen-bond donors (Lipinski definition) is 1. The summed E-state index contributed by atoms with van der Waals surface area (Å²) in [6.07, 6.45) is 3.80. The first kappa shape index (κ1) is 2.76. The molecule has 0 saturated carbocycles. The van der Waals surface area contributed by atoms with Crippen molar-refractivity contribution in [1.82, 2.24) is 0 Å². The van der Waals surface area contributed by atoms with Crippen LogP contribution in [0.5, 0.6) is 0 Å². The molecule has 0 bridgehead atoms. The summed E-state index contributed by atoms with van der Waals surface area (Å²) < 4.78 is 0. The highest BCUT2D eigenvalue weighted by molar-refractivity contribution is 5.01. The Morgan fingerprint density at radius 2 is 2.20 bits per heavy atom. The smallest absolute Gasteiger partial charge is 0.0886 e. The van der Waals surface area contributed by atoms with Gasteiger partial charge in [0.05, 0.1) is 5.76 Å². The van der Waals surface area contributed by atoms with Crippen LogP contribution < -0.4 is 0 Å². The van der Waals surface area contributed by atoms with E-state index in [1.54, 1.807) is 0 Å². The first-order valence-electron chi connectivity index (χ1n) is 1.77. The lowest BCUT2D eigenvalue weighted by atomic mass is 10.1. The Labute approximate surface area is 30.9 Å². The molecule has 1 N–H and O–H groups in total. The average molecular weight is 70.1 g/mol. The van der Waals surface area contributed by atoms with Crippen molar-refractivity contribution in [3.63, 3.8) is 0 Å². The van der Waals surface area contributed by atoms with Gasteiger partial charge in [0.15, 0.2) is 0 Å². The van der Waals surface area contributed by atoms with Crippen molar-refractivity contribution in [1.29, 1.82) is 0 Å². The molecule has 28 valence electrons. The molecular weight excluding hydrogens is 64.0 g/mol. The fraction of sp³-hybridized carbons (Fsp3) is 0.500. The minimum Gasteiger partial charge on any atom is -0.513 e. The van der Waals surface area contributed by atoms with Crippen molar-refractivity contribution in [3.05, 3.63) is 11.8 Å². The van der Waals surface area contributed by atoms with Gasteiger partial charge in [-0.3, -0.25) is 0 Å². The van der Waals surface area contributed by atoms with Gasteiger partial charge in [-0.1, -0.05) is 0 Å². The number of rotatable bonds is 0. The van der Waals surface area contributed by atoms with Gasteiger partial charge in [0.1, 0.15) is 0 Å². The Balaban J connectivity index is 2.51. The van der Waals surface area contributed by atoms with Crippen molar-refractivity contribution in [2.45, 2.75) is 12.8 Å². The third-order valence-electron chi connectivity index (χ3n) is 0.780. The van der Waals surface area contributed by atoms with E-state index in [0.717, 1.165) is 12.8 Å². The molecule has 0 atom stereocenters. The van der Waals surface area contributed by atoms with E-state index in [9.17, 15) is 0 Å². The lowest BCUT2D eigenvalue weighted by Crippen LogP contribution is -1.88. The van der Waals surface area contributed by atoms with Crippen LogP contribution in [-0.4, -0.2) is 5.11 Å². The molecule has 0 heterocycles. The number of aliphatic hydroxyl groups is 1. The van der Waals surface area contributed by atoms with Gasteiger partial charge in [-0.05, 0) is 12.5 Å². The van der Waals surface area contributed by atoms with Crippen molar-refractivity contribution in [2.24, 2.45) is 0 Å². The van der Waals surface area contributed by atoms with E-state index in [-0.39, 0.29) is 0 Å². The molecule has 0 saturated heterocycles. The summed E-state index contributed by atoms with van der Waals surface area (Å²) in [6.45, 7) is 0. The maximum absolute atomic E-state index is 8.31. The number of allylic oxidation sites excluding steroid dienone is 2. The van der Waals surface area contributed by atoms with Crippen LogP contribution in [0, 0.1) is 0 Å². The Kier molecular flexibility index (Phi) is 0.411. The largest absolute Gasteiger partial charge is 0.513 e. The SMILES string of the molecule is OC1=CCC1. The molecule has 1 aliphatic carbocycles. The van der Waals surface area contributed by atoms with Crippen LogP contribution in [0.25, 0.3) is 0 Å². The van der Waals surface area contributed by atoms with Crippen LogP contribution in [0.1, 0.15) is 12.8 Å².